The van der Waals surface area contributed by atoms with Gasteiger partial charge in [-0.3, -0.25) is 0 Å². The van der Waals surface area contributed by atoms with Crippen molar-refractivity contribution < 1.29 is 8.42 Å². The van der Waals surface area contributed by atoms with E-state index >= 15 is 0 Å². The van der Waals surface area contributed by atoms with Crippen LogP contribution in [0.4, 0.5) is 0 Å². The summed E-state index contributed by atoms with van der Waals surface area (Å²) in [6.07, 6.45) is 3.77. The lowest BCUT2D eigenvalue weighted by atomic mass is 10.1. The zero-order chi connectivity index (χ0) is 13.2. The van der Waals surface area contributed by atoms with E-state index in [1.807, 2.05) is 13.0 Å². The van der Waals surface area contributed by atoms with E-state index < -0.39 is 15.1 Å². The highest BCUT2D eigenvalue weighted by atomic mass is 32.2. The first kappa shape index (κ1) is 13.1. The van der Waals surface area contributed by atoms with Gasteiger partial charge in [0.2, 0.25) is 0 Å². The highest BCUT2D eigenvalue weighted by molar-refractivity contribution is 7.92. The molecule has 0 spiro atoms. The van der Waals surface area contributed by atoms with Gasteiger partial charge in [0, 0.05) is 0 Å². The molecule has 1 aliphatic carbocycles. The zero-order valence-electron chi connectivity index (χ0n) is 10.5. The summed E-state index contributed by atoms with van der Waals surface area (Å²) >= 11 is 0. The Morgan fingerprint density at radius 2 is 1.78 bits per heavy atom. The molecule has 0 radical (unpaired) electrons. The smallest absolute Gasteiger partial charge is 0.194 e. The predicted octanol–water partition coefficient (Wildman–Crippen LogP) is 2.85. The summed E-state index contributed by atoms with van der Waals surface area (Å²) < 4.78 is 24.9. The third-order valence-corrected chi connectivity index (χ3v) is 5.73. The third kappa shape index (κ3) is 2.41. The Bertz CT molecular complexity index is 548. The van der Waals surface area contributed by atoms with E-state index in [-0.39, 0.29) is 10.8 Å². The average Bonchev–Trinajstić information content (AvgIpc) is 2.84. The monoisotopic (exact) mass is 263 g/mol. The lowest BCUT2D eigenvalue weighted by molar-refractivity contribution is 0.525. The van der Waals surface area contributed by atoms with Crippen LogP contribution in [0.3, 0.4) is 0 Å². The van der Waals surface area contributed by atoms with Crippen molar-refractivity contribution in [3.63, 3.8) is 0 Å². The van der Waals surface area contributed by atoms with Crippen molar-refractivity contribution in [3.05, 3.63) is 29.8 Å². The normalized spacial score (nSPS) is 18.4. The SMILES string of the molecule is Cc1ccc(S(=O)(=O)C(C#N)C2CCCC2)cc1. The summed E-state index contributed by atoms with van der Waals surface area (Å²) in [4.78, 5) is 0.270. The summed E-state index contributed by atoms with van der Waals surface area (Å²) in [6.45, 7) is 1.91. The fraction of sp³-hybridized carbons (Fsp3) is 0.500. The Labute approximate surface area is 108 Å². The number of sulfone groups is 1. The maximum absolute atomic E-state index is 12.4. The van der Waals surface area contributed by atoms with Gasteiger partial charge in [0.05, 0.1) is 11.0 Å². The van der Waals surface area contributed by atoms with E-state index in [4.69, 9.17) is 0 Å². The van der Waals surface area contributed by atoms with Crippen LogP contribution in [0.1, 0.15) is 31.2 Å². The molecule has 3 nitrogen and oxygen atoms in total. The molecule has 0 aliphatic heterocycles. The summed E-state index contributed by atoms with van der Waals surface area (Å²) in [5.41, 5.74) is 1.02. The molecular formula is C14H17NO2S. The van der Waals surface area contributed by atoms with E-state index in [0.717, 1.165) is 31.2 Å². The van der Waals surface area contributed by atoms with Crippen molar-refractivity contribution in [2.24, 2.45) is 5.92 Å². The second kappa shape index (κ2) is 5.11. The molecule has 2 rings (SSSR count). The molecule has 0 N–H and O–H groups in total. The number of hydrogen-bond acceptors (Lipinski definition) is 3. The van der Waals surface area contributed by atoms with Crippen LogP contribution in [0.25, 0.3) is 0 Å². The van der Waals surface area contributed by atoms with Gasteiger partial charge in [0.15, 0.2) is 15.1 Å². The van der Waals surface area contributed by atoms with Crippen LogP contribution in [0.15, 0.2) is 29.2 Å². The van der Waals surface area contributed by atoms with Crippen LogP contribution in [-0.4, -0.2) is 13.7 Å². The topological polar surface area (TPSA) is 57.9 Å². The van der Waals surface area contributed by atoms with Crippen molar-refractivity contribution in [1.29, 1.82) is 5.26 Å². The van der Waals surface area contributed by atoms with Gasteiger partial charge >= 0.3 is 0 Å². The van der Waals surface area contributed by atoms with Crippen molar-refractivity contribution in [2.75, 3.05) is 0 Å². The third-order valence-electron chi connectivity index (χ3n) is 3.64. The highest BCUT2D eigenvalue weighted by Crippen LogP contribution is 2.33. The molecule has 18 heavy (non-hydrogen) atoms. The molecule has 0 saturated heterocycles. The zero-order valence-corrected chi connectivity index (χ0v) is 11.3. The summed E-state index contributed by atoms with van der Waals surface area (Å²) in [6, 6.07) is 8.76. The molecule has 1 atom stereocenters. The van der Waals surface area contributed by atoms with E-state index in [2.05, 4.69) is 0 Å². The molecule has 4 heteroatoms. The van der Waals surface area contributed by atoms with Gasteiger partial charge in [-0.15, -0.1) is 0 Å². The van der Waals surface area contributed by atoms with Gasteiger partial charge in [-0.2, -0.15) is 5.26 Å². The molecule has 1 aromatic carbocycles. The summed E-state index contributed by atoms with van der Waals surface area (Å²) in [5.74, 6) is 0.00121. The van der Waals surface area contributed by atoms with Crippen LogP contribution in [0.5, 0.6) is 0 Å². The van der Waals surface area contributed by atoms with Gasteiger partial charge in [-0.05, 0) is 37.8 Å². The van der Waals surface area contributed by atoms with Crippen molar-refractivity contribution in [2.45, 2.75) is 42.8 Å². The van der Waals surface area contributed by atoms with E-state index in [9.17, 15) is 13.7 Å². The highest BCUT2D eigenvalue weighted by Gasteiger charge is 2.36. The lowest BCUT2D eigenvalue weighted by Crippen LogP contribution is -2.27. The summed E-state index contributed by atoms with van der Waals surface area (Å²) in [5, 5.41) is 8.32. The van der Waals surface area contributed by atoms with Crippen LogP contribution in [0, 0.1) is 24.2 Å². The molecule has 0 aromatic heterocycles. The van der Waals surface area contributed by atoms with E-state index in [1.165, 1.54) is 0 Å². The molecule has 0 bridgehead atoms. The number of rotatable bonds is 3. The quantitative estimate of drug-likeness (QED) is 0.842. The first-order chi connectivity index (χ1) is 8.55. The number of benzene rings is 1. The first-order valence-corrected chi connectivity index (χ1v) is 7.80. The van der Waals surface area contributed by atoms with Crippen molar-refractivity contribution in [3.8, 4) is 6.07 Å². The first-order valence-electron chi connectivity index (χ1n) is 6.26. The number of hydrogen-bond donors (Lipinski definition) is 0. The van der Waals surface area contributed by atoms with E-state index in [1.54, 1.807) is 24.3 Å². The maximum Gasteiger partial charge on any atom is 0.194 e. The second-order valence-corrected chi connectivity index (χ2v) is 7.02. The molecule has 0 amide bonds. The largest absolute Gasteiger partial charge is 0.222 e. The molecule has 0 heterocycles. The molecular weight excluding hydrogens is 246 g/mol. The van der Waals surface area contributed by atoms with Crippen LogP contribution in [-0.2, 0) is 9.84 Å². The Kier molecular flexibility index (Phi) is 3.72. The second-order valence-electron chi connectivity index (χ2n) is 4.95. The Morgan fingerprint density at radius 3 is 2.28 bits per heavy atom. The molecule has 96 valence electrons. The molecule has 1 fully saturated rings. The Morgan fingerprint density at radius 1 is 1.22 bits per heavy atom. The van der Waals surface area contributed by atoms with E-state index in [0.29, 0.717) is 0 Å². The van der Waals surface area contributed by atoms with Crippen molar-refractivity contribution in [1.82, 2.24) is 0 Å². The van der Waals surface area contributed by atoms with Gasteiger partial charge in [0.1, 0.15) is 0 Å². The minimum absolute atomic E-state index is 0.00121. The van der Waals surface area contributed by atoms with Crippen molar-refractivity contribution >= 4 is 9.84 Å². The fourth-order valence-corrected chi connectivity index (χ4v) is 4.29. The number of nitriles is 1. The van der Waals surface area contributed by atoms with Crippen LogP contribution >= 0.6 is 0 Å². The fourth-order valence-electron chi connectivity index (χ4n) is 2.56. The molecule has 1 aromatic rings. The minimum Gasteiger partial charge on any atom is -0.222 e. The lowest BCUT2D eigenvalue weighted by Gasteiger charge is -2.16. The molecule has 1 saturated carbocycles. The minimum atomic E-state index is -3.51. The maximum atomic E-state index is 12.4. The standard InChI is InChI=1S/C14H17NO2S/c1-11-6-8-13(9-7-11)18(16,17)14(10-15)12-4-2-3-5-12/h6-9,12,14H,2-5H2,1H3. The van der Waals surface area contributed by atoms with Gasteiger partial charge in [-0.25, -0.2) is 8.42 Å². The number of aryl methyl sites for hydroxylation is 1. The van der Waals surface area contributed by atoms with Gasteiger partial charge < -0.3 is 0 Å². The van der Waals surface area contributed by atoms with Gasteiger partial charge in [-0.1, -0.05) is 30.5 Å². The predicted molar refractivity (Wildman–Crippen MR) is 69.7 cm³/mol. The summed E-state index contributed by atoms with van der Waals surface area (Å²) in [7, 11) is -3.51. The molecule has 1 unspecified atom stereocenters. The van der Waals surface area contributed by atoms with Gasteiger partial charge in [0.25, 0.3) is 0 Å². The van der Waals surface area contributed by atoms with Crippen LogP contribution < -0.4 is 0 Å². The Balaban J connectivity index is 2.34. The number of nitrogens with zero attached hydrogens (tertiary/aromatic N) is 1. The Hall–Kier alpha value is -1.34. The average molecular weight is 263 g/mol. The molecule has 1 aliphatic rings. The van der Waals surface area contributed by atoms with Crippen LogP contribution in [0.2, 0.25) is 0 Å².